The van der Waals surface area contributed by atoms with Gasteiger partial charge in [-0.2, -0.15) is 4.98 Å². The number of morpholine rings is 1. The maximum absolute atomic E-state index is 12.6. The summed E-state index contributed by atoms with van der Waals surface area (Å²) >= 11 is 0. The van der Waals surface area contributed by atoms with Crippen molar-refractivity contribution in [3.8, 4) is 11.9 Å². The minimum Gasteiger partial charge on any atom is -0.480 e. The van der Waals surface area contributed by atoms with Gasteiger partial charge in [0.2, 0.25) is 17.4 Å². The number of pyridine rings is 1. The molecule has 0 spiro atoms. The lowest BCUT2D eigenvalue weighted by Gasteiger charge is -2.31. The van der Waals surface area contributed by atoms with Crippen LogP contribution in [0.2, 0.25) is 0 Å². The molecule has 4 rings (SSSR count). The fraction of sp³-hybridized carbons (Fsp3) is 0.368. The predicted octanol–water partition coefficient (Wildman–Crippen LogP) is 0.00290. The number of rotatable bonds is 7. The Labute approximate surface area is 177 Å². The smallest absolute Gasteiger partial charge is 0.319 e. The van der Waals surface area contributed by atoms with Crippen molar-refractivity contribution in [3.05, 3.63) is 36.2 Å². The summed E-state index contributed by atoms with van der Waals surface area (Å²) in [6.07, 6.45) is 5.91. The predicted molar refractivity (Wildman–Crippen MR) is 107 cm³/mol. The third-order valence-electron chi connectivity index (χ3n) is 4.55. The summed E-state index contributed by atoms with van der Waals surface area (Å²) in [7, 11) is 2.95. The Kier molecular flexibility index (Phi) is 6.17. The first-order valence-corrected chi connectivity index (χ1v) is 9.51. The molecule has 12 heteroatoms. The van der Waals surface area contributed by atoms with E-state index in [1.54, 1.807) is 29.3 Å². The first-order valence-electron chi connectivity index (χ1n) is 9.51. The minimum absolute atomic E-state index is 0.168. The van der Waals surface area contributed by atoms with Crippen LogP contribution in [0.25, 0.3) is 17.2 Å². The third-order valence-corrected chi connectivity index (χ3v) is 4.55. The fourth-order valence-corrected chi connectivity index (χ4v) is 3.01. The number of carbonyl (C=O) groups is 1. The molecule has 0 aromatic carbocycles. The second kappa shape index (κ2) is 9.34. The van der Waals surface area contributed by atoms with Gasteiger partial charge in [-0.1, -0.05) is 4.85 Å². The molecule has 1 fully saturated rings. The highest BCUT2D eigenvalue weighted by molar-refractivity contribution is 5.92. The van der Waals surface area contributed by atoms with Crippen LogP contribution in [0.1, 0.15) is 5.56 Å². The summed E-state index contributed by atoms with van der Waals surface area (Å²) in [5.74, 6) is 0.150. The van der Waals surface area contributed by atoms with Crippen LogP contribution in [0, 0.1) is 0 Å². The van der Waals surface area contributed by atoms with Crippen LogP contribution in [-0.2, 0) is 9.53 Å². The molecule has 1 unspecified atom stereocenters. The Morgan fingerprint density at radius 1 is 1.32 bits per heavy atom. The number of ether oxygens (including phenoxy) is 3. The van der Waals surface area contributed by atoms with Gasteiger partial charge >= 0.3 is 6.01 Å². The number of hydrogen-bond acceptors (Lipinski definition) is 10. The van der Waals surface area contributed by atoms with Gasteiger partial charge in [-0.3, -0.25) is 4.79 Å². The summed E-state index contributed by atoms with van der Waals surface area (Å²) < 4.78 is 15.9. The maximum atomic E-state index is 12.6. The van der Waals surface area contributed by atoms with Gasteiger partial charge < -0.3 is 23.9 Å². The fourth-order valence-electron chi connectivity index (χ4n) is 3.01. The highest BCUT2D eigenvalue weighted by atomic mass is 16.7. The first-order chi connectivity index (χ1) is 15.2. The molecule has 0 aliphatic carbocycles. The summed E-state index contributed by atoms with van der Waals surface area (Å²) in [5.41, 5.74) is 1.71. The molecule has 3 aromatic heterocycles. The van der Waals surface area contributed by atoms with Crippen LogP contribution >= 0.6 is 0 Å². The van der Waals surface area contributed by atoms with Gasteiger partial charge in [-0.15, -0.1) is 5.10 Å². The zero-order valence-electron chi connectivity index (χ0n) is 17.0. The lowest BCUT2D eigenvalue weighted by atomic mass is 10.2. The standard InChI is InChI=1S/C19H21N7O5/c1-28-18-13(10-21-19(22-18)29-2)5-6-16(27)25-8-9-30-14(11-25)12-31-26-17-15(23-24-26)4-3-7-20-17/h3-7,10,14H,8-9,11-12H2,1-2H3/b6-5+. The number of fused-ring (bicyclic) bond motifs is 1. The Morgan fingerprint density at radius 2 is 2.23 bits per heavy atom. The van der Waals surface area contributed by atoms with Gasteiger partial charge in [0.15, 0.2) is 0 Å². The van der Waals surface area contributed by atoms with Gasteiger partial charge in [-0.05, 0) is 23.4 Å². The monoisotopic (exact) mass is 427 g/mol. The molecule has 0 N–H and O–H groups in total. The van der Waals surface area contributed by atoms with E-state index in [9.17, 15) is 4.79 Å². The van der Waals surface area contributed by atoms with E-state index in [1.807, 2.05) is 0 Å². The van der Waals surface area contributed by atoms with Crippen molar-refractivity contribution in [2.75, 3.05) is 40.5 Å². The second-order valence-electron chi connectivity index (χ2n) is 6.54. The van der Waals surface area contributed by atoms with E-state index in [0.717, 1.165) is 0 Å². The molecule has 12 nitrogen and oxygen atoms in total. The van der Waals surface area contributed by atoms with Crippen LogP contribution in [0.5, 0.6) is 11.9 Å². The van der Waals surface area contributed by atoms with Crippen molar-refractivity contribution in [2.45, 2.75) is 6.10 Å². The molecule has 0 saturated carbocycles. The highest BCUT2D eigenvalue weighted by Gasteiger charge is 2.24. The van der Waals surface area contributed by atoms with Crippen molar-refractivity contribution in [3.63, 3.8) is 0 Å². The molecular weight excluding hydrogens is 406 g/mol. The Bertz CT molecular complexity index is 1090. The van der Waals surface area contributed by atoms with E-state index in [0.29, 0.717) is 42.3 Å². The number of hydrogen-bond donors (Lipinski definition) is 0. The molecule has 3 aromatic rings. The summed E-state index contributed by atoms with van der Waals surface area (Å²) in [6, 6.07) is 3.75. The Balaban J connectivity index is 1.36. The van der Waals surface area contributed by atoms with Gasteiger partial charge in [0.25, 0.3) is 0 Å². The number of nitrogens with zero attached hydrogens (tertiary/aromatic N) is 7. The molecule has 1 amide bonds. The third kappa shape index (κ3) is 4.69. The Hall–Kier alpha value is -3.80. The molecule has 1 aliphatic rings. The van der Waals surface area contributed by atoms with E-state index in [4.69, 9.17) is 19.0 Å². The van der Waals surface area contributed by atoms with Gasteiger partial charge in [0.05, 0.1) is 32.9 Å². The molecule has 4 heterocycles. The van der Waals surface area contributed by atoms with Crippen LogP contribution in [0.3, 0.4) is 0 Å². The normalized spacial score (nSPS) is 16.6. The molecule has 31 heavy (non-hydrogen) atoms. The SMILES string of the molecule is COc1ncc(/C=C/C(=O)N2CCOC(COn3nnc4cccnc43)C2)c(OC)n1. The molecule has 1 aliphatic heterocycles. The largest absolute Gasteiger partial charge is 0.480 e. The number of amides is 1. The molecule has 1 saturated heterocycles. The minimum atomic E-state index is -0.312. The van der Waals surface area contributed by atoms with Crippen LogP contribution < -0.4 is 14.3 Å². The lowest BCUT2D eigenvalue weighted by Crippen LogP contribution is -2.47. The summed E-state index contributed by atoms with van der Waals surface area (Å²) in [6.45, 7) is 1.45. The van der Waals surface area contributed by atoms with Crippen LogP contribution in [-0.4, -0.2) is 87.5 Å². The molecule has 0 bridgehead atoms. The van der Waals surface area contributed by atoms with Crippen molar-refractivity contribution >= 4 is 23.1 Å². The second-order valence-corrected chi connectivity index (χ2v) is 6.54. The summed E-state index contributed by atoms with van der Waals surface area (Å²) in [4.78, 5) is 33.6. The van der Waals surface area contributed by atoms with E-state index >= 15 is 0 Å². The molecule has 162 valence electrons. The average molecular weight is 427 g/mol. The van der Waals surface area contributed by atoms with Gasteiger partial charge in [-0.25, -0.2) is 9.97 Å². The lowest BCUT2D eigenvalue weighted by molar-refractivity contribution is -0.136. The number of carbonyl (C=O) groups excluding carboxylic acids is 1. The Morgan fingerprint density at radius 3 is 3.06 bits per heavy atom. The summed E-state index contributed by atoms with van der Waals surface area (Å²) in [5, 5.41) is 7.91. The van der Waals surface area contributed by atoms with E-state index < -0.39 is 0 Å². The highest BCUT2D eigenvalue weighted by Crippen LogP contribution is 2.19. The zero-order chi connectivity index (χ0) is 21.6. The van der Waals surface area contributed by atoms with E-state index in [2.05, 4.69) is 25.3 Å². The maximum Gasteiger partial charge on any atom is 0.319 e. The van der Waals surface area contributed by atoms with Crippen molar-refractivity contribution in [2.24, 2.45) is 0 Å². The van der Waals surface area contributed by atoms with Crippen molar-refractivity contribution in [1.82, 2.24) is 35.0 Å². The van der Waals surface area contributed by atoms with E-state index in [1.165, 1.54) is 31.3 Å². The topological polar surface area (TPSA) is 127 Å². The molecule has 0 radical (unpaired) electrons. The number of aromatic nitrogens is 6. The first kappa shape index (κ1) is 20.5. The molecule has 1 atom stereocenters. The van der Waals surface area contributed by atoms with Gasteiger partial charge in [0.1, 0.15) is 18.2 Å². The van der Waals surface area contributed by atoms with Crippen molar-refractivity contribution in [1.29, 1.82) is 0 Å². The quantitative estimate of drug-likeness (QED) is 0.476. The van der Waals surface area contributed by atoms with Crippen LogP contribution in [0.4, 0.5) is 0 Å². The van der Waals surface area contributed by atoms with Crippen LogP contribution in [0.15, 0.2) is 30.6 Å². The zero-order valence-corrected chi connectivity index (χ0v) is 17.0. The number of methoxy groups -OCH3 is 2. The molecular formula is C19H21N7O5. The van der Waals surface area contributed by atoms with E-state index in [-0.39, 0.29) is 24.6 Å². The average Bonchev–Trinajstić information content (AvgIpc) is 3.24. The van der Waals surface area contributed by atoms with Gasteiger partial charge in [0, 0.05) is 25.0 Å². The van der Waals surface area contributed by atoms with Crippen molar-refractivity contribution < 1.29 is 23.8 Å².